The van der Waals surface area contributed by atoms with E-state index in [9.17, 15) is 19.5 Å². The maximum Gasteiger partial charge on any atom is 0.331 e. The molecule has 0 unspecified atom stereocenters. The van der Waals surface area contributed by atoms with E-state index in [1.54, 1.807) is 6.92 Å². The predicted molar refractivity (Wildman–Crippen MR) is 65.1 cm³/mol. The van der Waals surface area contributed by atoms with Gasteiger partial charge in [0.25, 0.3) is 0 Å². The van der Waals surface area contributed by atoms with Crippen LogP contribution < -0.4 is 11.1 Å². The molecule has 0 bridgehead atoms. The topological polar surface area (TPSA) is 139 Å². The molecule has 0 aromatic heterocycles. The van der Waals surface area contributed by atoms with Crippen LogP contribution >= 0.6 is 0 Å². The number of aliphatic hydroxyl groups is 1. The van der Waals surface area contributed by atoms with Gasteiger partial charge in [0.2, 0.25) is 5.91 Å². The van der Waals surface area contributed by atoms with Gasteiger partial charge in [-0.3, -0.25) is 9.59 Å². The Morgan fingerprint density at radius 3 is 2.37 bits per heavy atom. The van der Waals surface area contributed by atoms with Crippen molar-refractivity contribution in [1.29, 1.82) is 0 Å². The third-order valence-electron chi connectivity index (χ3n) is 2.21. The second-order valence-electron chi connectivity index (χ2n) is 4.10. The van der Waals surface area contributed by atoms with Crippen molar-refractivity contribution in [3.05, 3.63) is 0 Å². The van der Waals surface area contributed by atoms with Gasteiger partial charge in [0.15, 0.2) is 6.04 Å². The molecule has 0 fully saturated rings. The fraction of sp³-hybridized carbons (Fsp3) is 0.727. The maximum absolute atomic E-state index is 11.6. The molecule has 5 N–H and O–H groups in total. The number of nitrogens with two attached hydrogens (primary N) is 1. The second-order valence-corrected chi connectivity index (χ2v) is 4.10. The van der Waals surface area contributed by atoms with E-state index >= 15 is 0 Å². The third kappa shape index (κ3) is 6.73. The lowest BCUT2D eigenvalue weighted by molar-refractivity contribution is -0.151. The number of ether oxygens (including phenoxy) is 1. The number of carbonyl (C=O) groups excluding carboxylic acids is 2. The molecule has 0 rings (SSSR count). The molecule has 0 aliphatic rings. The molecule has 0 aliphatic heterocycles. The average Bonchev–Trinajstić information content (AvgIpc) is 2.31. The van der Waals surface area contributed by atoms with Crippen molar-refractivity contribution < 1.29 is 29.3 Å². The number of aliphatic hydroxyl groups excluding tert-OH is 1. The molecular weight excluding hydrogens is 256 g/mol. The Balaban J connectivity index is 4.53. The first-order valence-corrected chi connectivity index (χ1v) is 5.92. The highest BCUT2D eigenvalue weighted by atomic mass is 16.5. The summed E-state index contributed by atoms with van der Waals surface area (Å²) >= 11 is 0. The molecular formula is C11H20N2O6. The summed E-state index contributed by atoms with van der Waals surface area (Å²) in [7, 11) is 0. The monoisotopic (exact) mass is 276 g/mol. The van der Waals surface area contributed by atoms with Crippen LogP contribution in [0.25, 0.3) is 0 Å². The van der Waals surface area contributed by atoms with E-state index in [1.807, 2.05) is 0 Å². The van der Waals surface area contributed by atoms with E-state index in [-0.39, 0.29) is 6.61 Å². The smallest absolute Gasteiger partial charge is 0.331 e. The molecule has 0 aliphatic carbocycles. The van der Waals surface area contributed by atoms with E-state index in [2.05, 4.69) is 5.32 Å². The number of hydrogen-bond acceptors (Lipinski definition) is 6. The van der Waals surface area contributed by atoms with Gasteiger partial charge < -0.3 is 26.0 Å². The quantitative estimate of drug-likeness (QED) is 0.400. The van der Waals surface area contributed by atoms with Crippen molar-refractivity contribution in [3.63, 3.8) is 0 Å². The minimum Gasteiger partial charge on any atom is -0.481 e. The van der Waals surface area contributed by atoms with E-state index in [0.29, 0.717) is 6.42 Å². The number of amides is 1. The van der Waals surface area contributed by atoms with Crippen molar-refractivity contribution in [2.24, 2.45) is 5.73 Å². The highest BCUT2D eigenvalue weighted by Gasteiger charge is 2.29. The molecule has 19 heavy (non-hydrogen) atoms. The number of esters is 1. The summed E-state index contributed by atoms with van der Waals surface area (Å²) in [5.41, 5.74) is 5.34. The number of nitrogens with one attached hydrogen (secondary N) is 1. The van der Waals surface area contributed by atoms with Crippen LogP contribution in [0, 0.1) is 0 Å². The highest BCUT2D eigenvalue weighted by molar-refractivity contribution is 5.90. The maximum atomic E-state index is 11.6. The zero-order valence-electron chi connectivity index (χ0n) is 11.0. The molecule has 0 spiro atoms. The fourth-order valence-electron chi connectivity index (χ4n) is 1.21. The van der Waals surface area contributed by atoms with Gasteiger partial charge in [-0.2, -0.15) is 0 Å². The van der Waals surface area contributed by atoms with Crippen molar-refractivity contribution in [3.8, 4) is 0 Å². The van der Waals surface area contributed by atoms with E-state index < -0.39 is 42.5 Å². The number of rotatable bonds is 8. The molecule has 0 heterocycles. The summed E-state index contributed by atoms with van der Waals surface area (Å²) in [6, 6.07) is -2.56. The van der Waals surface area contributed by atoms with Gasteiger partial charge in [0, 0.05) is 0 Å². The number of carboxylic acids is 1. The zero-order chi connectivity index (χ0) is 15.0. The summed E-state index contributed by atoms with van der Waals surface area (Å²) in [5.74, 6) is -2.85. The molecule has 1 amide bonds. The molecule has 0 aromatic carbocycles. The normalized spacial score (nSPS) is 15.2. The lowest BCUT2D eigenvalue weighted by atomic mass is 10.1. The molecule has 0 saturated heterocycles. The lowest BCUT2D eigenvalue weighted by Gasteiger charge is -2.21. The Hall–Kier alpha value is -1.67. The fourth-order valence-corrected chi connectivity index (χ4v) is 1.21. The Labute approximate surface area is 110 Å². The first kappa shape index (κ1) is 17.3. The first-order chi connectivity index (χ1) is 8.79. The van der Waals surface area contributed by atoms with Crippen molar-refractivity contribution in [1.82, 2.24) is 5.32 Å². The van der Waals surface area contributed by atoms with Gasteiger partial charge in [-0.15, -0.1) is 0 Å². The van der Waals surface area contributed by atoms with Crippen LogP contribution in [0.15, 0.2) is 0 Å². The molecule has 0 radical (unpaired) electrons. The molecule has 0 saturated carbocycles. The van der Waals surface area contributed by atoms with Crippen molar-refractivity contribution in [2.45, 2.75) is 44.9 Å². The molecule has 110 valence electrons. The van der Waals surface area contributed by atoms with Crippen LogP contribution in [0.1, 0.15) is 26.7 Å². The summed E-state index contributed by atoms with van der Waals surface area (Å²) in [6.07, 6.45) is -1.14. The van der Waals surface area contributed by atoms with Crippen LogP contribution in [0.5, 0.6) is 0 Å². The Morgan fingerprint density at radius 2 is 1.95 bits per heavy atom. The predicted octanol–water partition coefficient (Wildman–Crippen LogP) is -1.39. The van der Waals surface area contributed by atoms with Gasteiger partial charge in [0.05, 0.1) is 25.2 Å². The van der Waals surface area contributed by atoms with Gasteiger partial charge in [-0.25, -0.2) is 4.79 Å². The summed E-state index contributed by atoms with van der Waals surface area (Å²) in [4.78, 5) is 33.5. The largest absolute Gasteiger partial charge is 0.481 e. The molecule has 0 aromatic rings. The summed E-state index contributed by atoms with van der Waals surface area (Å²) in [5, 5.41) is 20.1. The van der Waals surface area contributed by atoms with E-state index in [0.717, 1.165) is 0 Å². The number of aliphatic carboxylic acids is 1. The van der Waals surface area contributed by atoms with Gasteiger partial charge >= 0.3 is 11.9 Å². The minimum absolute atomic E-state index is 0.166. The lowest BCUT2D eigenvalue weighted by Crippen LogP contribution is -2.53. The number of carbonyl (C=O) groups is 3. The first-order valence-electron chi connectivity index (χ1n) is 5.92. The summed E-state index contributed by atoms with van der Waals surface area (Å²) < 4.78 is 4.81. The minimum atomic E-state index is -1.29. The zero-order valence-corrected chi connectivity index (χ0v) is 11.0. The van der Waals surface area contributed by atoms with Crippen LogP contribution in [-0.4, -0.2) is 52.9 Å². The molecule has 3 atom stereocenters. The van der Waals surface area contributed by atoms with E-state index in [1.165, 1.54) is 6.92 Å². The van der Waals surface area contributed by atoms with E-state index in [4.69, 9.17) is 15.6 Å². The Morgan fingerprint density at radius 1 is 1.37 bits per heavy atom. The number of carboxylic acid groups (broad SMARTS) is 1. The van der Waals surface area contributed by atoms with Gasteiger partial charge in [-0.1, -0.05) is 6.92 Å². The van der Waals surface area contributed by atoms with Gasteiger partial charge in [-0.05, 0) is 13.3 Å². The number of hydrogen-bond donors (Lipinski definition) is 4. The standard InChI is InChI=1S/C11H20N2O6/c1-3-4-19-11(18)9(6(2)14)13-10(17)7(12)5-8(15)16/h6-7,9,14H,3-5,12H2,1-2H3,(H,13,17)(H,15,16)/t6-,7-,9+/m0/s1. The summed E-state index contributed by atoms with van der Waals surface area (Å²) in [6.45, 7) is 3.27. The third-order valence-corrected chi connectivity index (χ3v) is 2.21. The van der Waals surface area contributed by atoms with Crippen LogP contribution in [0.3, 0.4) is 0 Å². The highest BCUT2D eigenvalue weighted by Crippen LogP contribution is 1.99. The molecule has 8 nitrogen and oxygen atoms in total. The van der Waals surface area contributed by atoms with Crippen LogP contribution in [0.2, 0.25) is 0 Å². The Bertz CT molecular complexity index is 331. The average molecular weight is 276 g/mol. The van der Waals surface area contributed by atoms with Crippen molar-refractivity contribution in [2.75, 3.05) is 6.61 Å². The second kappa shape index (κ2) is 8.44. The SMILES string of the molecule is CCCOC(=O)[C@H](NC(=O)[C@@H](N)CC(=O)O)[C@H](C)O. The van der Waals surface area contributed by atoms with Crippen molar-refractivity contribution >= 4 is 17.8 Å². The molecule has 8 heteroatoms. The van der Waals surface area contributed by atoms with Crippen LogP contribution in [-0.2, 0) is 19.1 Å². The van der Waals surface area contributed by atoms with Gasteiger partial charge in [0.1, 0.15) is 0 Å². The van der Waals surface area contributed by atoms with Crippen LogP contribution in [0.4, 0.5) is 0 Å². The Kier molecular flexibility index (Phi) is 7.69.